The molecule has 102 valence electrons. The van der Waals surface area contributed by atoms with Crippen molar-refractivity contribution in [2.45, 2.75) is 58.4 Å². The lowest BCUT2D eigenvalue weighted by Gasteiger charge is -2.11. The minimum atomic E-state index is -0.774. The summed E-state index contributed by atoms with van der Waals surface area (Å²) in [6.45, 7) is 4.40. The van der Waals surface area contributed by atoms with E-state index < -0.39 is 5.97 Å². The molecule has 0 aliphatic rings. The third-order valence-electron chi connectivity index (χ3n) is 3.32. The van der Waals surface area contributed by atoms with E-state index in [1.54, 1.807) is 0 Å². The first kappa shape index (κ1) is 14.7. The molecule has 1 heterocycles. The average Bonchev–Trinajstić information content (AvgIpc) is 2.65. The maximum absolute atomic E-state index is 10.8. The second-order valence-corrected chi connectivity index (χ2v) is 4.95. The minimum absolute atomic E-state index is 0.0934. The monoisotopic (exact) mass is 253 g/mol. The van der Waals surface area contributed by atoms with Crippen molar-refractivity contribution >= 4 is 5.97 Å². The SMILES string of the molecule is CCCCC(CCC)[n+]1cc(CC(=O)O)n(C)c1. The van der Waals surface area contributed by atoms with Gasteiger partial charge in [0.2, 0.25) is 6.33 Å². The van der Waals surface area contributed by atoms with Crippen LogP contribution in [0.4, 0.5) is 0 Å². The first-order valence-electron chi connectivity index (χ1n) is 6.86. The van der Waals surface area contributed by atoms with E-state index in [1.807, 2.05) is 24.1 Å². The van der Waals surface area contributed by atoms with Crippen molar-refractivity contribution in [3.05, 3.63) is 18.2 Å². The third kappa shape index (κ3) is 4.17. The number of carbonyl (C=O) groups is 1. The third-order valence-corrected chi connectivity index (χ3v) is 3.32. The Morgan fingerprint density at radius 3 is 2.67 bits per heavy atom. The Labute approximate surface area is 109 Å². The normalized spacial score (nSPS) is 12.6. The molecular weight excluding hydrogens is 228 g/mol. The van der Waals surface area contributed by atoms with E-state index in [2.05, 4.69) is 18.4 Å². The second-order valence-electron chi connectivity index (χ2n) is 4.95. The van der Waals surface area contributed by atoms with E-state index in [1.165, 1.54) is 19.3 Å². The van der Waals surface area contributed by atoms with Crippen molar-refractivity contribution in [1.82, 2.24) is 4.57 Å². The number of aryl methyl sites for hydroxylation is 1. The summed E-state index contributed by atoms with van der Waals surface area (Å²) in [6.07, 6.45) is 10.0. The highest BCUT2D eigenvalue weighted by Gasteiger charge is 2.19. The molecule has 1 rings (SSSR count). The maximum Gasteiger partial charge on any atom is 0.311 e. The first-order valence-corrected chi connectivity index (χ1v) is 6.86. The summed E-state index contributed by atoms with van der Waals surface area (Å²) in [5.41, 5.74) is 0.861. The summed E-state index contributed by atoms with van der Waals surface area (Å²) in [6, 6.07) is 0.503. The van der Waals surface area contributed by atoms with Crippen LogP contribution in [0.2, 0.25) is 0 Å². The number of aromatic nitrogens is 2. The molecule has 0 bridgehead atoms. The number of hydrogen-bond donors (Lipinski definition) is 1. The molecule has 0 fully saturated rings. The van der Waals surface area contributed by atoms with Gasteiger partial charge in [0.25, 0.3) is 0 Å². The Hall–Kier alpha value is -1.32. The van der Waals surface area contributed by atoms with Crippen LogP contribution in [0.25, 0.3) is 0 Å². The summed E-state index contributed by atoms with van der Waals surface area (Å²) >= 11 is 0. The quantitative estimate of drug-likeness (QED) is 0.723. The van der Waals surface area contributed by atoms with Gasteiger partial charge in [-0.2, -0.15) is 0 Å². The molecule has 0 saturated heterocycles. The predicted octanol–water partition coefficient (Wildman–Crippen LogP) is 2.47. The molecule has 18 heavy (non-hydrogen) atoms. The number of unbranched alkanes of at least 4 members (excludes halogenated alkanes) is 1. The van der Waals surface area contributed by atoms with Gasteiger partial charge in [0.05, 0.1) is 7.05 Å². The van der Waals surface area contributed by atoms with Gasteiger partial charge in [0, 0.05) is 0 Å². The summed E-state index contributed by atoms with van der Waals surface area (Å²) in [7, 11) is 1.91. The lowest BCUT2D eigenvalue weighted by Crippen LogP contribution is -2.37. The van der Waals surface area contributed by atoms with Crippen molar-refractivity contribution in [2.75, 3.05) is 0 Å². The number of nitrogens with zero attached hydrogens (tertiary/aromatic N) is 2. The van der Waals surface area contributed by atoms with Crippen LogP contribution < -0.4 is 4.57 Å². The van der Waals surface area contributed by atoms with Gasteiger partial charge < -0.3 is 5.11 Å². The molecule has 0 amide bonds. The van der Waals surface area contributed by atoms with Crippen molar-refractivity contribution in [2.24, 2.45) is 7.05 Å². The van der Waals surface area contributed by atoms with E-state index in [0.717, 1.165) is 18.5 Å². The van der Waals surface area contributed by atoms with E-state index in [4.69, 9.17) is 5.11 Å². The predicted molar refractivity (Wildman–Crippen MR) is 70.4 cm³/mol. The Morgan fingerprint density at radius 1 is 1.39 bits per heavy atom. The van der Waals surface area contributed by atoms with Gasteiger partial charge in [-0.05, 0) is 19.3 Å². The highest BCUT2D eigenvalue weighted by Crippen LogP contribution is 2.15. The Morgan fingerprint density at radius 2 is 2.11 bits per heavy atom. The van der Waals surface area contributed by atoms with Crippen LogP contribution in [0.1, 0.15) is 57.7 Å². The zero-order valence-electron chi connectivity index (χ0n) is 11.7. The minimum Gasteiger partial charge on any atom is -0.481 e. The highest BCUT2D eigenvalue weighted by atomic mass is 16.4. The smallest absolute Gasteiger partial charge is 0.311 e. The Bertz CT molecular complexity index is 385. The molecule has 4 nitrogen and oxygen atoms in total. The molecule has 0 aliphatic heterocycles. The Kier molecular flexibility index (Phi) is 5.89. The van der Waals surface area contributed by atoms with Gasteiger partial charge >= 0.3 is 5.97 Å². The van der Waals surface area contributed by atoms with Crippen LogP contribution in [-0.2, 0) is 18.3 Å². The van der Waals surface area contributed by atoms with Crippen LogP contribution in [0.15, 0.2) is 12.5 Å². The van der Waals surface area contributed by atoms with Gasteiger partial charge in [-0.3, -0.25) is 4.79 Å². The fraction of sp³-hybridized carbons (Fsp3) is 0.714. The number of rotatable bonds is 8. The van der Waals surface area contributed by atoms with E-state index in [0.29, 0.717) is 6.04 Å². The van der Waals surface area contributed by atoms with Gasteiger partial charge in [-0.1, -0.05) is 26.7 Å². The maximum atomic E-state index is 10.8. The lowest BCUT2D eigenvalue weighted by atomic mass is 10.1. The zero-order chi connectivity index (χ0) is 13.5. The van der Waals surface area contributed by atoms with Crippen molar-refractivity contribution in [3.63, 3.8) is 0 Å². The molecule has 1 aromatic rings. The molecule has 0 aromatic carbocycles. The zero-order valence-corrected chi connectivity index (χ0v) is 11.7. The van der Waals surface area contributed by atoms with Crippen molar-refractivity contribution in [3.8, 4) is 0 Å². The number of carboxylic acids is 1. The number of hydrogen-bond acceptors (Lipinski definition) is 1. The summed E-state index contributed by atoms with van der Waals surface area (Å²) < 4.78 is 4.11. The summed E-state index contributed by atoms with van der Waals surface area (Å²) in [4.78, 5) is 10.8. The molecule has 1 N–H and O–H groups in total. The Balaban J connectivity index is 2.81. The first-order chi connectivity index (χ1) is 8.58. The lowest BCUT2D eigenvalue weighted by molar-refractivity contribution is -0.724. The number of carboxylic acid groups (broad SMARTS) is 1. The fourth-order valence-corrected chi connectivity index (χ4v) is 2.31. The van der Waals surface area contributed by atoms with Gasteiger partial charge in [-0.25, -0.2) is 9.13 Å². The molecule has 1 atom stereocenters. The van der Waals surface area contributed by atoms with E-state index in [-0.39, 0.29) is 6.42 Å². The molecule has 1 aromatic heterocycles. The highest BCUT2D eigenvalue weighted by molar-refractivity contribution is 5.69. The van der Waals surface area contributed by atoms with Crippen LogP contribution in [-0.4, -0.2) is 15.6 Å². The van der Waals surface area contributed by atoms with Crippen LogP contribution >= 0.6 is 0 Å². The number of aliphatic carboxylic acids is 1. The van der Waals surface area contributed by atoms with Gasteiger partial charge in [-0.15, -0.1) is 0 Å². The van der Waals surface area contributed by atoms with Crippen molar-refractivity contribution < 1.29 is 14.5 Å². The average molecular weight is 253 g/mol. The molecule has 0 spiro atoms. The van der Waals surface area contributed by atoms with Crippen LogP contribution in [0.5, 0.6) is 0 Å². The largest absolute Gasteiger partial charge is 0.481 e. The standard InChI is InChI=1S/C14H24N2O2/c1-4-6-8-12(7-5-2)16-10-13(9-14(17)18)15(3)11-16/h10-12H,4-9H2,1-3H3/p+1. The van der Waals surface area contributed by atoms with Crippen LogP contribution in [0.3, 0.4) is 0 Å². The molecule has 0 aliphatic carbocycles. The molecule has 1 unspecified atom stereocenters. The molecular formula is C14H25N2O2+. The van der Waals surface area contributed by atoms with E-state index >= 15 is 0 Å². The summed E-state index contributed by atoms with van der Waals surface area (Å²) in [5, 5.41) is 8.86. The van der Waals surface area contributed by atoms with Crippen molar-refractivity contribution in [1.29, 1.82) is 0 Å². The topological polar surface area (TPSA) is 46.1 Å². The summed E-state index contributed by atoms with van der Waals surface area (Å²) in [5.74, 6) is -0.774. The van der Waals surface area contributed by atoms with E-state index in [9.17, 15) is 4.79 Å². The number of imidazole rings is 1. The molecule has 4 heteroatoms. The van der Waals surface area contributed by atoms with Crippen LogP contribution in [0, 0.1) is 0 Å². The second kappa shape index (κ2) is 7.19. The fourth-order valence-electron chi connectivity index (χ4n) is 2.31. The molecule has 0 radical (unpaired) electrons. The molecule has 0 saturated carbocycles. The van der Waals surface area contributed by atoms with Gasteiger partial charge in [0.15, 0.2) is 5.69 Å². The van der Waals surface area contributed by atoms with Gasteiger partial charge in [0.1, 0.15) is 18.7 Å².